The molecule has 1 aliphatic heterocycles. The number of hydrogen-bond acceptors (Lipinski definition) is 2. The van der Waals surface area contributed by atoms with Crippen LogP contribution in [0.5, 0.6) is 0 Å². The van der Waals surface area contributed by atoms with E-state index in [4.69, 9.17) is 0 Å². The van der Waals surface area contributed by atoms with Crippen LogP contribution < -0.4 is 10.6 Å². The van der Waals surface area contributed by atoms with Gasteiger partial charge < -0.3 is 10.6 Å². The van der Waals surface area contributed by atoms with Gasteiger partial charge in [-0.2, -0.15) is 0 Å². The smallest absolute Gasteiger partial charge is 0.221 e. The molecule has 17 heavy (non-hydrogen) atoms. The third-order valence-corrected chi connectivity index (χ3v) is 4.67. The summed E-state index contributed by atoms with van der Waals surface area (Å²) in [5.74, 6) is 0.240. The SMILES string of the molecule is CCC1(CNC(=O)CC2CCCN2)CCCC1. The maximum atomic E-state index is 11.9. The lowest BCUT2D eigenvalue weighted by molar-refractivity contribution is -0.122. The Kier molecular flexibility index (Phi) is 4.43. The molecule has 1 unspecified atom stereocenters. The van der Waals surface area contributed by atoms with Gasteiger partial charge in [0.2, 0.25) is 5.91 Å². The molecule has 1 heterocycles. The minimum atomic E-state index is 0.240. The first kappa shape index (κ1) is 12.9. The third-order valence-electron chi connectivity index (χ3n) is 4.67. The Morgan fingerprint density at radius 1 is 1.35 bits per heavy atom. The largest absolute Gasteiger partial charge is 0.355 e. The number of carbonyl (C=O) groups excluding carboxylic acids is 1. The van der Waals surface area contributed by atoms with Gasteiger partial charge in [0.1, 0.15) is 0 Å². The summed E-state index contributed by atoms with van der Waals surface area (Å²) in [6.07, 6.45) is 9.52. The van der Waals surface area contributed by atoms with Gasteiger partial charge in [-0.15, -0.1) is 0 Å². The van der Waals surface area contributed by atoms with Gasteiger partial charge in [-0.3, -0.25) is 4.79 Å². The van der Waals surface area contributed by atoms with Crippen LogP contribution in [0.25, 0.3) is 0 Å². The van der Waals surface area contributed by atoms with E-state index < -0.39 is 0 Å². The molecule has 2 N–H and O–H groups in total. The maximum absolute atomic E-state index is 11.9. The summed E-state index contributed by atoms with van der Waals surface area (Å²) in [7, 11) is 0. The van der Waals surface area contributed by atoms with E-state index in [0.29, 0.717) is 17.9 Å². The number of rotatable bonds is 5. The lowest BCUT2D eigenvalue weighted by Crippen LogP contribution is -2.38. The normalized spacial score (nSPS) is 27.2. The molecular weight excluding hydrogens is 212 g/mol. The maximum Gasteiger partial charge on any atom is 0.221 e. The molecule has 0 bridgehead atoms. The Morgan fingerprint density at radius 3 is 2.71 bits per heavy atom. The third kappa shape index (κ3) is 3.44. The molecule has 1 atom stereocenters. The summed E-state index contributed by atoms with van der Waals surface area (Å²) in [4.78, 5) is 11.9. The van der Waals surface area contributed by atoms with Crippen LogP contribution in [0.4, 0.5) is 0 Å². The van der Waals surface area contributed by atoms with Gasteiger partial charge in [-0.1, -0.05) is 19.8 Å². The average Bonchev–Trinajstić information content (AvgIpc) is 2.98. The fraction of sp³-hybridized carbons (Fsp3) is 0.929. The molecule has 1 aliphatic carbocycles. The predicted octanol–water partition coefficient (Wildman–Crippen LogP) is 2.22. The number of carbonyl (C=O) groups is 1. The molecule has 3 heteroatoms. The molecule has 1 saturated heterocycles. The van der Waals surface area contributed by atoms with Crippen LogP contribution in [-0.4, -0.2) is 25.0 Å². The Morgan fingerprint density at radius 2 is 2.12 bits per heavy atom. The Labute approximate surface area is 105 Å². The van der Waals surface area contributed by atoms with Gasteiger partial charge in [0, 0.05) is 19.0 Å². The molecule has 98 valence electrons. The molecule has 0 radical (unpaired) electrons. The van der Waals surface area contributed by atoms with Crippen molar-refractivity contribution in [2.75, 3.05) is 13.1 Å². The van der Waals surface area contributed by atoms with Crippen LogP contribution in [0.1, 0.15) is 58.3 Å². The number of hydrogen-bond donors (Lipinski definition) is 2. The van der Waals surface area contributed by atoms with Gasteiger partial charge in [0.15, 0.2) is 0 Å². The second kappa shape index (κ2) is 5.85. The van der Waals surface area contributed by atoms with Crippen LogP contribution >= 0.6 is 0 Å². The van der Waals surface area contributed by atoms with Crippen molar-refractivity contribution in [3.63, 3.8) is 0 Å². The fourth-order valence-electron chi connectivity index (χ4n) is 3.29. The Balaban J connectivity index is 1.71. The topological polar surface area (TPSA) is 41.1 Å². The lowest BCUT2D eigenvalue weighted by Gasteiger charge is -2.27. The Bertz CT molecular complexity index is 253. The van der Waals surface area contributed by atoms with Crippen molar-refractivity contribution in [1.29, 1.82) is 0 Å². The van der Waals surface area contributed by atoms with E-state index in [1.165, 1.54) is 38.5 Å². The summed E-state index contributed by atoms with van der Waals surface area (Å²) < 4.78 is 0. The summed E-state index contributed by atoms with van der Waals surface area (Å²) >= 11 is 0. The number of amides is 1. The summed E-state index contributed by atoms with van der Waals surface area (Å²) in [5.41, 5.74) is 0.415. The minimum absolute atomic E-state index is 0.240. The van der Waals surface area contributed by atoms with E-state index >= 15 is 0 Å². The molecule has 2 fully saturated rings. The van der Waals surface area contributed by atoms with Crippen molar-refractivity contribution in [2.45, 2.75) is 64.3 Å². The highest BCUT2D eigenvalue weighted by Crippen LogP contribution is 2.40. The van der Waals surface area contributed by atoms with E-state index in [1.54, 1.807) is 0 Å². The Hall–Kier alpha value is -0.570. The van der Waals surface area contributed by atoms with E-state index in [2.05, 4.69) is 17.6 Å². The quantitative estimate of drug-likeness (QED) is 0.771. The molecule has 0 spiro atoms. The van der Waals surface area contributed by atoms with E-state index in [-0.39, 0.29) is 5.91 Å². The zero-order chi connectivity index (χ0) is 12.1. The van der Waals surface area contributed by atoms with Crippen LogP contribution in [0, 0.1) is 5.41 Å². The molecule has 2 rings (SSSR count). The second-order valence-electron chi connectivity index (χ2n) is 5.83. The standard InChI is InChI=1S/C14H26N2O/c1-2-14(7-3-4-8-14)11-16-13(17)10-12-6-5-9-15-12/h12,15H,2-11H2,1H3,(H,16,17). The average molecular weight is 238 g/mol. The monoisotopic (exact) mass is 238 g/mol. The van der Waals surface area contributed by atoms with Crippen LogP contribution in [-0.2, 0) is 4.79 Å². The van der Waals surface area contributed by atoms with Gasteiger partial charge >= 0.3 is 0 Å². The lowest BCUT2D eigenvalue weighted by atomic mass is 9.83. The van der Waals surface area contributed by atoms with E-state index in [9.17, 15) is 4.79 Å². The van der Waals surface area contributed by atoms with Crippen molar-refractivity contribution in [3.8, 4) is 0 Å². The first-order valence-electron chi connectivity index (χ1n) is 7.24. The van der Waals surface area contributed by atoms with Crippen molar-refractivity contribution in [2.24, 2.45) is 5.41 Å². The molecule has 2 aliphatic rings. The van der Waals surface area contributed by atoms with Gasteiger partial charge in [0.05, 0.1) is 0 Å². The molecule has 0 aromatic heterocycles. The van der Waals surface area contributed by atoms with Crippen molar-refractivity contribution in [1.82, 2.24) is 10.6 Å². The van der Waals surface area contributed by atoms with Gasteiger partial charge in [0.25, 0.3) is 0 Å². The molecule has 1 amide bonds. The van der Waals surface area contributed by atoms with Crippen LogP contribution in [0.3, 0.4) is 0 Å². The summed E-state index contributed by atoms with van der Waals surface area (Å²) in [6.45, 7) is 4.24. The van der Waals surface area contributed by atoms with Gasteiger partial charge in [-0.25, -0.2) is 0 Å². The molecule has 0 aromatic rings. The van der Waals surface area contributed by atoms with Crippen LogP contribution in [0.2, 0.25) is 0 Å². The molecular formula is C14H26N2O. The van der Waals surface area contributed by atoms with Crippen molar-refractivity contribution < 1.29 is 4.79 Å². The molecule has 0 aromatic carbocycles. The second-order valence-corrected chi connectivity index (χ2v) is 5.83. The highest BCUT2D eigenvalue weighted by Gasteiger charge is 2.32. The fourth-order valence-corrected chi connectivity index (χ4v) is 3.29. The first-order valence-corrected chi connectivity index (χ1v) is 7.24. The first-order chi connectivity index (χ1) is 8.24. The van der Waals surface area contributed by atoms with Crippen molar-refractivity contribution in [3.05, 3.63) is 0 Å². The van der Waals surface area contributed by atoms with Crippen molar-refractivity contribution >= 4 is 5.91 Å². The van der Waals surface area contributed by atoms with Gasteiger partial charge in [-0.05, 0) is 44.1 Å². The highest BCUT2D eigenvalue weighted by atomic mass is 16.1. The summed E-state index contributed by atoms with van der Waals surface area (Å²) in [6, 6.07) is 0.427. The highest BCUT2D eigenvalue weighted by molar-refractivity contribution is 5.76. The minimum Gasteiger partial charge on any atom is -0.355 e. The molecule has 3 nitrogen and oxygen atoms in total. The van der Waals surface area contributed by atoms with E-state index in [1.807, 2.05) is 0 Å². The predicted molar refractivity (Wildman–Crippen MR) is 69.8 cm³/mol. The zero-order valence-electron chi connectivity index (χ0n) is 11.1. The zero-order valence-corrected chi connectivity index (χ0v) is 11.1. The van der Waals surface area contributed by atoms with Crippen LogP contribution in [0.15, 0.2) is 0 Å². The number of nitrogens with one attached hydrogen (secondary N) is 2. The van der Waals surface area contributed by atoms with E-state index in [0.717, 1.165) is 19.5 Å². The summed E-state index contributed by atoms with van der Waals surface area (Å²) in [5, 5.41) is 6.54. The molecule has 1 saturated carbocycles.